The van der Waals surface area contributed by atoms with E-state index in [-0.39, 0.29) is 22.3 Å². The van der Waals surface area contributed by atoms with E-state index in [0.29, 0.717) is 22.7 Å². The fraction of sp³-hybridized carbons (Fsp3) is 0.487. The molecular weight excluding hydrogens is 668 g/mol. The van der Waals surface area contributed by atoms with Gasteiger partial charge >= 0.3 is 12.2 Å². The van der Waals surface area contributed by atoms with E-state index in [4.69, 9.17) is 20.9 Å². The minimum absolute atomic E-state index is 0. The Morgan fingerprint density at radius 3 is 1.38 bits per heavy atom. The zero-order chi connectivity index (χ0) is 35.8. The number of hydrogen-bond acceptors (Lipinski definition) is 6. The first-order chi connectivity index (χ1) is 21.1. The molecule has 0 aliphatic rings. The van der Waals surface area contributed by atoms with Gasteiger partial charge in [0.2, 0.25) is 0 Å². The topological polar surface area (TPSA) is 129 Å². The summed E-state index contributed by atoms with van der Waals surface area (Å²) in [6, 6.07) is 20.8. The van der Waals surface area contributed by atoms with Gasteiger partial charge in [0.15, 0.2) is 0 Å². The average molecular weight is 740 g/mol. The van der Waals surface area contributed by atoms with Crippen LogP contribution in [0.5, 0.6) is 0 Å². The smallest absolute Gasteiger partial charge is 0.412 e. The summed E-state index contributed by atoms with van der Waals surface area (Å²) in [6.45, 7) is 26.6. The van der Waals surface area contributed by atoms with E-state index in [9.17, 15) is 9.59 Å². The SMILES string of the molecule is C.C.C.CC.CC.CC.CC.CC(C)(C)OC(=O)Nc1ccc(Br)cc1NC(=O)OC(C)(C)C.Nc1ccc(-c2ccccc2)cc1N. The van der Waals surface area contributed by atoms with Gasteiger partial charge < -0.3 is 20.9 Å². The van der Waals surface area contributed by atoms with Gasteiger partial charge in [0.25, 0.3) is 0 Å². The Labute approximate surface area is 303 Å². The molecule has 9 heteroatoms. The number of nitrogen functional groups attached to an aromatic ring is 2. The summed E-state index contributed by atoms with van der Waals surface area (Å²) in [5.74, 6) is 0. The maximum absolute atomic E-state index is 11.9. The molecule has 0 unspecified atom stereocenters. The van der Waals surface area contributed by atoms with E-state index < -0.39 is 23.4 Å². The fourth-order valence-electron chi connectivity index (χ4n) is 2.94. The normalized spacial score (nSPS) is 8.98. The molecule has 8 nitrogen and oxygen atoms in total. The van der Waals surface area contributed by atoms with E-state index in [1.165, 1.54) is 0 Å². The van der Waals surface area contributed by atoms with Crippen LogP contribution in [0.25, 0.3) is 11.1 Å². The maximum Gasteiger partial charge on any atom is 0.412 e. The largest absolute Gasteiger partial charge is 0.444 e. The maximum atomic E-state index is 11.9. The molecule has 0 fully saturated rings. The molecule has 0 bridgehead atoms. The lowest BCUT2D eigenvalue weighted by Crippen LogP contribution is -2.29. The minimum Gasteiger partial charge on any atom is -0.444 e. The summed E-state index contributed by atoms with van der Waals surface area (Å²) < 4.78 is 11.2. The van der Waals surface area contributed by atoms with Gasteiger partial charge in [-0.3, -0.25) is 10.6 Å². The fourth-order valence-corrected chi connectivity index (χ4v) is 3.30. The summed E-state index contributed by atoms with van der Waals surface area (Å²) in [5.41, 5.74) is 14.5. The highest BCUT2D eigenvalue weighted by Gasteiger charge is 2.20. The predicted octanol–water partition coefficient (Wildman–Crippen LogP) is 13.7. The Balaban J connectivity index is -0.000000152. The van der Waals surface area contributed by atoms with Crippen LogP contribution in [0.4, 0.5) is 32.3 Å². The Hall–Kier alpha value is -3.72. The lowest BCUT2D eigenvalue weighted by molar-refractivity contribution is 0.0621. The average Bonchev–Trinajstić information content (AvgIpc) is 2.99. The van der Waals surface area contributed by atoms with Crippen molar-refractivity contribution in [3.05, 3.63) is 71.2 Å². The Morgan fingerprint density at radius 2 is 0.979 bits per heavy atom. The molecule has 0 saturated carbocycles. The molecule has 3 aromatic rings. The molecule has 0 atom stereocenters. The molecule has 0 radical (unpaired) electrons. The van der Waals surface area contributed by atoms with E-state index in [1.54, 1.807) is 59.7 Å². The van der Waals surface area contributed by atoms with Gasteiger partial charge in [-0.2, -0.15) is 0 Å². The number of rotatable bonds is 3. The predicted molar refractivity (Wildman–Crippen MR) is 220 cm³/mol. The summed E-state index contributed by atoms with van der Waals surface area (Å²) in [4.78, 5) is 23.8. The zero-order valence-electron chi connectivity index (χ0n) is 30.0. The van der Waals surface area contributed by atoms with Crippen LogP contribution < -0.4 is 22.1 Å². The van der Waals surface area contributed by atoms with Gasteiger partial charge in [0.05, 0.1) is 22.7 Å². The molecule has 0 aliphatic carbocycles. The number of benzene rings is 3. The van der Waals surface area contributed by atoms with Crippen molar-refractivity contribution >= 4 is 50.9 Å². The van der Waals surface area contributed by atoms with Crippen molar-refractivity contribution in [3.8, 4) is 11.1 Å². The Morgan fingerprint density at radius 1 is 0.562 bits per heavy atom. The molecule has 48 heavy (non-hydrogen) atoms. The van der Waals surface area contributed by atoms with E-state index in [1.807, 2.05) is 104 Å². The zero-order valence-corrected chi connectivity index (χ0v) is 31.6. The number of halogens is 1. The highest BCUT2D eigenvalue weighted by Crippen LogP contribution is 2.28. The summed E-state index contributed by atoms with van der Waals surface area (Å²) in [5, 5.41) is 5.22. The van der Waals surface area contributed by atoms with Gasteiger partial charge in [-0.15, -0.1) is 0 Å². The second-order valence-corrected chi connectivity index (χ2v) is 11.1. The third-order valence-electron chi connectivity index (χ3n) is 4.45. The molecular formula is C39H71BrN4O4. The van der Waals surface area contributed by atoms with Crippen LogP contribution in [0.2, 0.25) is 0 Å². The molecule has 0 aromatic heterocycles. The van der Waals surface area contributed by atoms with Crippen molar-refractivity contribution in [2.24, 2.45) is 0 Å². The number of amides is 2. The van der Waals surface area contributed by atoms with Crippen LogP contribution in [-0.4, -0.2) is 23.4 Å². The monoisotopic (exact) mass is 738 g/mol. The summed E-state index contributed by atoms with van der Waals surface area (Å²) in [6.07, 6.45) is -1.21. The molecule has 0 saturated heterocycles. The van der Waals surface area contributed by atoms with Gasteiger partial charge in [-0.05, 0) is 83.0 Å². The van der Waals surface area contributed by atoms with Gasteiger partial charge in [-0.25, -0.2) is 9.59 Å². The van der Waals surface area contributed by atoms with Crippen LogP contribution in [0.3, 0.4) is 0 Å². The standard InChI is InChI=1S/C16H23BrN2O4.C12H12N2.4C2H6.3CH4/c1-15(2,3)22-13(20)18-11-8-7-10(17)9-12(11)19-14(21)23-16(4,5)6;13-11-7-6-10(8-12(11)14)9-4-2-1-3-5-9;4*1-2;;;/h7-9H,1-6H3,(H,18,20)(H,19,21);1-8H,13-14H2;4*1-2H3;3*1H4. The van der Waals surface area contributed by atoms with Crippen molar-refractivity contribution < 1.29 is 19.1 Å². The highest BCUT2D eigenvalue weighted by atomic mass is 79.9. The van der Waals surface area contributed by atoms with Gasteiger partial charge in [0, 0.05) is 4.47 Å². The van der Waals surface area contributed by atoms with Crippen LogP contribution in [-0.2, 0) is 9.47 Å². The minimum atomic E-state index is -0.616. The second kappa shape index (κ2) is 30.6. The van der Waals surface area contributed by atoms with Crippen LogP contribution >= 0.6 is 15.9 Å². The molecule has 2 amide bonds. The van der Waals surface area contributed by atoms with E-state index in [0.717, 1.165) is 15.6 Å². The van der Waals surface area contributed by atoms with Crippen molar-refractivity contribution in [1.82, 2.24) is 0 Å². The molecule has 278 valence electrons. The van der Waals surface area contributed by atoms with E-state index >= 15 is 0 Å². The number of nitrogens with one attached hydrogen (secondary N) is 2. The molecule has 0 heterocycles. The molecule has 3 aromatic carbocycles. The lowest BCUT2D eigenvalue weighted by atomic mass is 10.0. The number of carbonyl (C=O) groups is 2. The van der Waals surface area contributed by atoms with Crippen LogP contribution in [0.1, 0.15) is 119 Å². The number of ether oxygens (including phenoxy) is 2. The molecule has 0 aliphatic heterocycles. The summed E-state index contributed by atoms with van der Waals surface area (Å²) >= 11 is 3.33. The number of nitrogens with two attached hydrogens (primary N) is 2. The molecule has 3 rings (SSSR count). The first kappa shape index (κ1) is 56.6. The van der Waals surface area contributed by atoms with E-state index in [2.05, 4.69) is 26.6 Å². The van der Waals surface area contributed by atoms with Crippen molar-refractivity contribution in [1.29, 1.82) is 0 Å². The lowest BCUT2D eigenvalue weighted by Gasteiger charge is -2.22. The van der Waals surface area contributed by atoms with Crippen molar-refractivity contribution in [2.75, 3.05) is 22.1 Å². The molecule has 0 spiro atoms. The molecule has 6 N–H and O–H groups in total. The highest BCUT2D eigenvalue weighted by molar-refractivity contribution is 9.10. The van der Waals surface area contributed by atoms with Crippen LogP contribution in [0.15, 0.2) is 71.2 Å². The quantitative estimate of drug-likeness (QED) is 0.198. The number of carbonyl (C=O) groups excluding carboxylic acids is 2. The Kier molecular flexibility index (Phi) is 36.1. The van der Waals surface area contributed by atoms with Crippen LogP contribution in [0, 0.1) is 0 Å². The van der Waals surface area contributed by atoms with Gasteiger partial charge in [-0.1, -0.05) is 130 Å². The second-order valence-electron chi connectivity index (χ2n) is 10.2. The first-order valence-electron chi connectivity index (χ1n) is 15.6. The summed E-state index contributed by atoms with van der Waals surface area (Å²) in [7, 11) is 0. The van der Waals surface area contributed by atoms with Crippen molar-refractivity contribution in [2.45, 2.75) is 130 Å². The first-order valence-corrected chi connectivity index (χ1v) is 16.4. The van der Waals surface area contributed by atoms with Crippen molar-refractivity contribution in [3.63, 3.8) is 0 Å². The third-order valence-corrected chi connectivity index (χ3v) is 4.94. The number of hydrogen-bond donors (Lipinski definition) is 4. The third kappa shape index (κ3) is 26.4. The van der Waals surface area contributed by atoms with Gasteiger partial charge in [0.1, 0.15) is 11.2 Å². The Bertz CT molecular complexity index is 1220. The number of anilines is 4.